The van der Waals surface area contributed by atoms with Crippen molar-refractivity contribution >= 4 is 23.6 Å². The number of ether oxygens (including phenoxy) is 1. The van der Waals surface area contributed by atoms with Crippen LogP contribution in [0.5, 0.6) is 0 Å². The van der Waals surface area contributed by atoms with Gasteiger partial charge >= 0.3 is 6.09 Å². The molecule has 0 heterocycles. The highest BCUT2D eigenvalue weighted by molar-refractivity contribution is 6.35. The minimum absolute atomic E-state index is 0.00391. The average molecular weight is 272 g/mol. The number of carbonyl (C=O) groups is 1. The highest BCUT2D eigenvalue weighted by atomic mass is 35.5. The standard InChI is InChI=1S/C13H18ClNO3/c1-13(2,3)18-12(17)15(14)11-7-5-4-6-10(11)8-9-16/h4-7,16H,8-9H2,1-3H3. The molecular formula is C13H18ClNO3. The third-order valence-electron chi connectivity index (χ3n) is 2.14. The van der Waals surface area contributed by atoms with Gasteiger partial charge in [-0.2, -0.15) is 4.42 Å². The number of aliphatic hydroxyl groups excluding tert-OH is 1. The number of hydrogen-bond acceptors (Lipinski definition) is 3. The van der Waals surface area contributed by atoms with Crippen LogP contribution in [0.1, 0.15) is 26.3 Å². The second-order valence-corrected chi connectivity index (χ2v) is 5.20. The van der Waals surface area contributed by atoms with Gasteiger partial charge in [0.2, 0.25) is 0 Å². The minimum atomic E-state index is -0.630. The van der Waals surface area contributed by atoms with Crippen molar-refractivity contribution in [1.82, 2.24) is 0 Å². The molecule has 0 unspecified atom stereocenters. The number of para-hydroxylation sites is 1. The van der Waals surface area contributed by atoms with E-state index in [9.17, 15) is 4.79 Å². The van der Waals surface area contributed by atoms with Crippen molar-refractivity contribution < 1.29 is 14.6 Å². The number of anilines is 1. The lowest BCUT2D eigenvalue weighted by Gasteiger charge is -2.24. The number of carbonyl (C=O) groups excluding carboxylic acids is 1. The SMILES string of the molecule is CC(C)(C)OC(=O)N(Cl)c1ccccc1CCO. The molecule has 0 aromatic heterocycles. The Balaban J connectivity index is 2.89. The molecule has 1 aromatic carbocycles. The smallest absolute Gasteiger partial charge is 0.429 e. The Morgan fingerprint density at radius 2 is 2.00 bits per heavy atom. The molecule has 5 heteroatoms. The van der Waals surface area contributed by atoms with Crippen LogP contribution in [0, 0.1) is 0 Å². The van der Waals surface area contributed by atoms with E-state index in [1.807, 2.05) is 12.1 Å². The van der Waals surface area contributed by atoms with Crippen LogP contribution >= 0.6 is 11.8 Å². The van der Waals surface area contributed by atoms with Gasteiger partial charge in [0.05, 0.1) is 5.69 Å². The maximum absolute atomic E-state index is 11.8. The lowest BCUT2D eigenvalue weighted by atomic mass is 10.1. The van der Waals surface area contributed by atoms with E-state index in [4.69, 9.17) is 21.6 Å². The molecule has 0 aliphatic rings. The Kier molecular flexibility index (Phi) is 4.99. The van der Waals surface area contributed by atoms with Gasteiger partial charge in [-0.3, -0.25) is 0 Å². The molecule has 1 amide bonds. The van der Waals surface area contributed by atoms with Crippen LogP contribution in [0.2, 0.25) is 0 Å². The predicted octanol–water partition coefficient (Wildman–Crippen LogP) is 3.12. The first-order valence-electron chi connectivity index (χ1n) is 5.73. The lowest BCUT2D eigenvalue weighted by Crippen LogP contribution is -2.31. The summed E-state index contributed by atoms with van der Waals surface area (Å²) in [6, 6.07) is 7.12. The van der Waals surface area contributed by atoms with Gasteiger partial charge < -0.3 is 9.84 Å². The van der Waals surface area contributed by atoms with Crippen LogP contribution < -0.4 is 4.42 Å². The number of halogens is 1. The van der Waals surface area contributed by atoms with Crippen molar-refractivity contribution in [1.29, 1.82) is 0 Å². The van der Waals surface area contributed by atoms with Crippen LogP contribution in [-0.2, 0) is 11.2 Å². The van der Waals surface area contributed by atoms with Gasteiger partial charge in [-0.15, -0.1) is 0 Å². The van der Waals surface area contributed by atoms with Crippen molar-refractivity contribution in [3.8, 4) is 0 Å². The monoisotopic (exact) mass is 271 g/mol. The number of hydrogen-bond donors (Lipinski definition) is 1. The van der Waals surface area contributed by atoms with Crippen LogP contribution in [-0.4, -0.2) is 23.4 Å². The molecule has 1 rings (SSSR count). The zero-order valence-electron chi connectivity index (χ0n) is 10.8. The Labute approximate surface area is 112 Å². The van der Waals surface area contributed by atoms with Crippen LogP contribution in [0.25, 0.3) is 0 Å². The number of aliphatic hydroxyl groups is 1. The first-order valence-corrected chi connectivity index (χ1v) is 6.06. The molecule has 0 atom stereocenters. The molecule has 0 saturated heterocycles. The molecule has 0 fully saturated rings. The largest absolute Gasteiger partial charge is 0.443 e. The second-order valence-electron chi connectivity index (χ2n) is 4.86. The zero-order chi connectivity index (χ0) is 13.8. The molecule has 1 aromatic rings. The minimum Gasteiger partial charge on any atom is -0.443 e. The third kappa shape index (κ3) is 4.20. The fraction of sp³-hybridized carbons (Fsp3) is 0.462. The number of nitrogens with zero attached hydrogens (tertiary/aromatic N) is 1. The van der Waals surface area contributed by atoms with Gasteiger partial charge in [0.15, 0.2) is 0 Å². The number of rotatable bonds is 3. The fourth-order valence-corrected chi connectivity index (χ4v) is 1.63. The average Bonchev–Trinajstić information content (AvgIpc) is 2.27. The van der Waals surface area contributed by atoms with E-state index in [0.717, 1.165) is 9.98 Å². The summed E-state index contributed by atoms with van der Waals surface area (Å²) in [7, 11) is 0. The summed E-state index contributed by atoms with van der Waals surface area (Å²) in [5, 5.41) is 8.97. The van der Waals surface area contributed by atoms with E-state index < -0.39 is 11.7 Å². The summed E-state index contributed by atoms with van der Waals surface area (Å²) in [6.45, 7) is 5.32. The van der Waals surface area contributed by atoms with Crippen LogP contribution in [0.3, 0.4) is 0 Å². The Bertz CT molecular complexity index is 415. The highest BCUT2D eigenvalue weighted by Crippen LogP contribution is 2.24. The van der Waals surface area contributed by atoms with Crippen molar-refractivity contribution in [2.24, 2.45) is 0 Å². The summed E-state index contributed by atoms with van der Waals surface area (Å²) in [6.07, 6.45) is -0.197. The first-order chi connectivity index (χ1) is 8.35. The highest BCUT2D eigenvalue weighted by Gasteiger charge is 2.23. The molecule has 100 valence electrons. The summed E-state index contributed by atoms with van der Waals surface area (Å²) in [5.74, 6) is 0. The number of amides is 1. The fourth-order valence-electron chi connectivity index (χ4n) is 1.43. The topological polar surface area (TPSA) is 49.8 Å². The Morgan fingerprint density at radius 1 is 1.39 bits per heavy atom. The van der Waals surface area contributed by atoms with Gasteiger partial charge in [0, 0.05) is 18.4 Å². The Hall–Kier alpha value is -1.26. The first kappa shape index (κ1) is 14.8. The van der Waals surface area contributed by atoms with Crippen molar-refractivity contribution in [3.63, 3.8) is 0 Å². The Morgan fingerprint density at radius 3 is 2.56 bits per heavy atom. The molecule has 4 nitrogen and oxygen atoms in total. The quantitative estimate of drug-likeness (QED) is 0.860. The third-order valence-corrected chi connectivity index (χ3v) is 2.46. The molecule has 0 spiro atoms. The molecule has 0 saturated carbocycles. The van der Waals surface area contributed by atoms with E-state index in [1.165, 1.54) is 0 Å². The molecule has 0 bridgehead atoms. The molecular weight excluding hydrogens is 254 g/mol. The summed E-state index contributed by atoms with van der Waals surface area (Å²) in [4.78, 5) is 11.8. The van der Waals surface area contributed by atoms with Crippen LogP contribution in [0.4, 0.5) is 10.5 Å². The van der Waals surface area contributed by atoms with E-state index in [0.29, 0.717) is 12.1 Å². The van der Waals surface area contributed by atoms with Gasteiger partial charge in [-0.05, 0) is 38.8 Å². The summed E-state index contributed by atoms with van der Waals surface area (Å²) in [5.41, 5.74) is 0.721. The molecule has 0 aliphatic carbocycles. The van der Waals surface area contributed by atoms with Crippen LogP contribution in [0.15, 0.2) is 24.3 Å². The van der Waals surface area contributed by atoms with Gasteiger partial charge in [0.25, 0.3) is 0 Å². The van der Waals surface area contributed by atoms with Crippen molar-refractivity contribution in [3.05, 3.63) is 29.8 Å². The van der Waals surface area contributed by atoms with Gasteiger partial charge in [0.1, 0.15) is 5.60 Å². The summed E-state index contributed by atoms with van der Waals surface area (Å²) < 4.78 is 6.12. The molecule has 1 N–H and O–H groups in total. The normalized spacial score (nSPS) is 11.2. The van der Waals surface area contributed by atoms with E-state index in [-0.39, 0.29) is 6.61 Å². The number of benzene rings is 1. The molecule has 18 heavy (non-hydrogen) atoms. The maximum atomic E-state index is 11.8. The van der Waals surface area contributed by atoms with Gasteiger partial charge in [-0.25, -0.2) is 4.79 Å². The van der Waals surface area contributed by atoms with Gasteiger partial charge in [-0.1, -0.05) is 18.2 Å². The van der Waals surface area contributed by atoms with E-state index in [2.05, 4.69) is 0 Å². The summed E-state index contributed by atoms with van der Waals surface area (Å²) >= 11 is 5.98. The van der Waals surface area contributed by atoms with E-state index in [1.54, 1.807) is 32.9 Å². The zero-order valence-corrected chi connectivity index (χ0v) is 11.6. The second kappa shape index (κ2) is 6.07. The van der Waals surface area contributed by atoms with E-state index >= 15 is 0 Å². The maximum Gasteiger partial charge on any atom is 0.429 e. The van der Waals surface area contributed by atoms with Crippen molar-refractivity contribution in [2.45, 2.75) is 32.8 Å². The predicted molar refractivity (Wildman–Crippen MR) is 71.8 cm³/mol. The lowest BCUT2D eigenvalue weighted by molar-refractivity contribution is 0.0608. The molecule has 0 aliphatic heterocycles. The molecule has 0 radical (unpaired) electrons. The van der Waals surface area contributed by atoms with Crippen molar-refractivity contribution in [2.75, 3.05) is 11.0 Å².